The van der Waals surface area contributed by atoms with Crippen LogP contribution in [0.2, 0.25) is 0 Å². The van der Waals surface area contributed by atoms with Crippen molar-refractivity contribution in [2.45, 2.75) is 18.9 Å². The first-order chi connectivity index (χ1) is 5.64. The molecule has 0 amide bonds. The lowest BCUT2D eigenvalue weighted by Crippen LogP contribution is -2.36. The molecular weight excluding hydrogens is 150 g/mol. The van der Waals surface area contributed by atoms with E-state index >= 15 is 0 Å². The summed E-state index contributed by atoms with van der Waals surface area (Å²) in [5, 5.41) is 9.65. The molecule has 0 spiro atoms. The molecule has 0 saturated heterocycles. The van der Waals surface area contributed by atoms with Crippen LogP contribution in [0.25, 0.3) is 0 Å². The van der Waals surface area contributed by atoms with Gasteiger partial charge in [0.05, 0.1) is 5.60 Å². The maximum absolute atomic E-state index is 9.65. The van der Waals surface area contributed by atoms with Gasteiger partial charge < -0.3 is 10.8 Å². The molecule has 0 heterocycles. The summed E-state index contributed by atoms with van der Waals surface area (Å²) in [6, 6.07) is 9.86. The number of rotatable bonds is 3. The first-order valence-corrected chi connectivity index (χ1v) is 4.10. The number of aliphatic hydroxyl groups is 1. The van der Waals surface area contributed by atoms with Crippen molar-refractivity contribution >= 4 is 0 Å². The van der Waals surface area contributed by atoms with Gasteiger partial charge in [0.2, 0.25) is 0 Å². The van der Waals surface area contributed by atoms with Crippen LogP contribution in [0.3, 0.4) is 0 Å². The lowest BCUT2D eigenvalue weighted by Gasteiger charge is -2.20. The Morgan fingerprint density at radius 1 is 1.33 bits per heavy atom. The van der Waals surface area contributed by atoms with Crippen molar-refractivity contribution in [2.24, 2.45) is 5.73 Å². The second-order valence-corrected chi connectivity index (χ2v) is 3.36. The van der Waals surface area contributed by atoms with Crippen molar-refractivity contribution in [1.82, 2.24) is 0 Å². The molecule has 66 valence electrons. The van der Waals surface area contributed by atoms with E-state index in [0.717, 1.165) is 5.56 Å². The molecule has 2 heteroatoms. The van der Waals surface area contributed by atoms with Gasteiger partial charge in [-0.3, -0.25) is 0 Å². The SMILES string of the molecule is C[C@@](O)(CN)Cc1ccccc1. The first-order valence-electron chi connectivity index (χ1n) is 4.10. The zero-order valence-corrected chi connectivity index (χ0v) is 7.33. The molecule has 1 aromatic rings. The third kappa shape index (κ3) is 2.64. The Morgan fingerprint density at radius 2 is 1.92 bits per heavy atom. The molecule has 1 aromatic carbocycles. The summed E-state index contributed by atoms with van der Waals surface area (Å²) >= 11 is 0. The first kappa shape index (κ1) is 9.23. The smallest absolute Gasteiger partial charge is 0.0781 e. The molecule has 1 rings (SSSR count). The van der Waals surface area contributed by atoms with Crippen LogP contribution < -0.4 is 5.73 Å². The number of hydrogen-bond donors (Lipinski definition) is 2. The molecule has 0 fully saturated rings. The highest BCUT2D eigenvalue weighted by Crippen LogP contribution is 2.10. The van der Waals surface area contributed by atoms with E-state index in [1.165, 1.54) is 0 Å². The van der Waals surface area contributed by atoms with E-state index in [1.54, 1.807) is 6.92 Å². The monoisotopic (exact) mass is 165 g/mol. The number of nitrogens with two attached hydrogens (primary N) is 1. The van der Waals surface area contributed by atoms with Gasteiger partial charge in [-0.05, 0) is 12.5 Å². The molecule has 2 nitrogen and oxygen atoms in total. The van der Waals surface area contributed by atoms with Crippen LogP contribution in [0.15, 0.2) is 30.3 Å². The van der Waals surface area contributed by atoms with E-state index in [4.69, 9.17) is 5.73 Å². The summed E-state index contributed by atoms with van der Waals surface area (Å²) in [6.07, 6.45) is 0.615. The summed E-state index contributed by atoms with van der Waals surface area (Å²) in [6.45, 7) is 2.04. The zero-order chi connectivity index (χ0) is 9.03. The zero-order valence-electron chi connectivity index (χ0n) is 7.33. The summed E-state index contributed by atoms with van der Waals surface area (Å²) in [4.78, 5) is 0. The fourth-order valence-corrected chi connectivity index (χ4v) is 1.11. The molecule has 12 heavy (non-hydrogen) atoms. The predicted molar refractivity (Wildman–Crippen MR) is 49.8 cm³/mol. The predicted octanol–water partition coefficient (Wildman–Crippen LogP) is 0.939. The average Bonchev–Trinajstić information content (AvgIpc) is 2.06. The highest BCUT2D eigenvalue weighted by molar-refractivity contribution is 5.16. The summed E-state index contributed by atoms with van der Waals surface area (Å²) < 4.78 is 0. The van der Waals surface area contributed by atoms with Crippen molar-refractivity contribution < 1.29 is 5.11 Å². The molecular formula is C10H15NO. The summed E-state index contributed by atoms with van der Waals surface area (Å²) in [5.41, 5.74) is 5.75. The van der Waals surface area contributed by atoms with Crippen LogP contribution in [0, 0.1) is 0 Å². The number of benzene rings is 1. The van der Waals surface area contributed by atoms with Gasteiger partial charge in [0.15, 0.2) is 0 Å². The third-order valence-corrected chi connectivity index (χ3v) is 1.87. The Bertz CT molecular complexity index is 231. The van der Waals surface area contributed by atoms with Gasteiger partial charge in [-0.2, -0.15) is 0 Å². The lowest BCUT2D eigenvalue weighted by atomic mass is 9.97. The fraction of sp³-hybridized carbons (Fsp3) is 0.400. The lowest BCUT2D eigenvalue weighted by molar-refractivity contribution is 0.0696. The molecule has 0 aliphatic carbocycles. The minimum Gasteiger partial charge on any atom is -0.389 e. The molecule has 1 atom stereocenters. The topological polar surface area (TPSA) is 46.2 Å². The van der Waals surface area contributed by atoms with Crippen LogP contribution in [0.5, 0.6) is 0 Å². The quantitative estimate of drug-likeness (QED) is 0.700. The van der Waals surface area contributed by atoms with Gasteiger partial charge >= 0.3 is 0 Å². The van der Waals surface area contributed by atoms with Crippen molar-refractivity contribution in [3.05, 3.63) is 35.9 Å². The highest BCUT2D eigenvalue weighted by Gasteiger charge is 2.17. The maximum Gasteiger partial charge on any atom is 0.0781 e. The van der Waals surface area contributed by atoms with E-state index in [9.17, 15) is 5.11 Å². The molecule has 0 aliphatic heterocycles. The molecule has 0 unspecified atom stereocenters. The third-order valence-electron chi connectivity index (χ3n) is 1.87. The van der Waals surface area contributed by atoms with Crippen molar-refractivity contribution in [1.29, 1.82) is 0 Å². The number of hydrogen-bond acceptors (Lipinski definition) is 2. The molecule has 0 aromatic heterocycles. The molecule has 0 aliphatic rings. The van der Waals surface area contributed by atoms with E-state index in [2.05, 4.69) is 0 Å². The van der Waals surface area contributed by atoms with Crippen molar-refractivity contribution in [2.75, 3.05) is 6.54 Å². The fourth-order valence-electron chi connectivity index (χ4n) is 1.11. The van der Waals surface area contributed by atoms with Crippen molar-refractivity contribution in [3.63, 3.8) is 0 Å². The standard InChI is InChI=1S/C10H15NO/c1-10(12,8-11)7-9-5-3-2-4-6-9/h2-6,12H,7-8,11H2,1H3/t10-/m0/s1. The Kier molecular flexibility index (Phi) is 2.84. The Labute approximate surface area is 73.0 Å². The Morgan fingerprint density at radius 3 is 2.42 bits per heavy atom. The van der Waals surface area contributed by atoms with Gasteiger partial charge in [0.1, 0.15) is 0 Å². The van der Waals surface area contributed by atoms with Crippen LogP contribution in [-0.2, 0) is 6.42 Å². The Hall–Kier alpha value is -0.860. The van der Waals surface area contributed by atoms with E-state index in [1.807, 2.05) is 30.3 Å². The highest BCUT2D eigenvalue weighted by atomic mass is 16.3. The van der Waals surface area contributed by atoms with Crippen LogP contribution in [0.1, 0.15) is 12.5 Å². The summed E-state index contributed by atoms with van der Waals surface area (Å²) in [7, 11) is 0. The van der Waals surface area contributed by atoms with Gasteiger partial charge in [-0.1, -0.05) is 30.3 Å². The minimum atomic E-state index is -0.776. The Balaban J connectivity index is 2.64. The van der Waals surface area contributed by atoms with Gasteiger partial charge in [0.25, 0.3) is 0 Å². The van der Waals surface area contributed by atoms with Gasteiger partial charge in [0, 0.05) is 13.0 Å². The minimum absolute atomic E-state index is 0.294. The van der Waals surface area contributed by atoms with E-state index in [0.29, 0.717) is 13.0 Å². The van der Waals surface area contributed by atoms with Gasteiger partial charge in [-0.25, -0.2) is 0 Å². The van der Waals surface area contributed by atoms with Crippen LogP contribution in [0.4, 0.5) is 0 Å². The summed E-state index contributed by atoms with van der Waals surface area (Å²) in [5.74, 6) is 0. The maximum atomic E-state index is 9.65. The second kappa shape index (κ2) is 3.70. The molecule has 0 saturated carbocycles. The molecule has 3 N–H and O–H groups in total. The van der Waals surface area contributed by atoms with Crippen LogP contribution in [-0.4, -0.2) is 17.3 Å². The second-order valence-electron chi connectivity index (χ2n) is 3.36. The van der Waals surface area contributed by atoms with E-state index in [-0.39, 0.29) is 0 Å². The van der Waals surface area contributed by atoms with Crippen molar-refractivity contribution in [3.8, 4) is 0 Å². The molecule has 0 bridgehead atoms. The average molecular weight is 165 g/mol. The van der Waals surface area contributed by atoms with E-state index < -0.39 is 5.60 Å². The van der Waals surface area contributed by atoms with Gasteiger partial charge in [-0.15, -0.1) is 0 Å². The largest absolute Gasteiger partial charge is 0.389 e. The van der Waals surface area contributed by atoms with Crippen LogP contribution >= 0.6 is 0 Å². The molecule has 0 radical (unpaired) electrons. The normalized spacial score (nSPS) is 15.6.